The van der Waals surface area contributed by atoms with E-state index in [0.717, 1.165) is 22.8 Å². The fraction of sp³-hybridized carbons (Fsp3) is 0.0577. The molecule has 0 spiro atoms. The third-order valence-electron chi connectivity index (χ3n) is 10.8. The standard InChI is InChI=1S/C52H41N5Si/c1-55(54-52(39-20-8-3-9-21-39)53-35-37-17-6-2-7-18-37)36-38-19-16-24-41(31-38)57-49-30-29-43(58-42-25-12-5-13-26-42)32-45(49)47-33-46-44-27-14-15-28-48(44)56(50(46)34-51(47)57)40-22-10-4-11-23-40/h2-34H,35-36H2,1H3,(H,53,54). The maximum absolute atomic E-state index is 5.03. The highest BCUT2D eigenvalue weighted by Crippen LogP contribution is 2.39. The maximum Gasteiger partial charge on any atom is 0.143 e. The van der Waals surface area contributed by atoms with Crippen molar-refractivity contribution in [1.29, 1.82) is 0 Å². The summed E-state index contributed by atoms with van der Waals surface area (Å²) < 4.78 is 4.87. The molecule has 0 saturated heterocycles. The summed E-state index contributed by atoms with van der Waals surface area (Å²) in [6.07, 6.45) is 0. The Hall–Kier alpha value is -6.99. The molecule has 10 rings (SSSR count). The Kier molecular flexibility index (Phi) is 9.47. The van der Waals surface area contributed by atoms with Crippen LogP contribution in [-0.4, -0.2) is 36.5 Å². The van der Waals surface area contributed by atoms with Crippen molar-refractivity contribution in [2.24, 2.45) is 4.99 Å². The molecule has 2 heterocycles. The molecule has 2 radical (unpaired) electrons. The van der Waals surface area contributed by atoms with Gasteiger partial charge in [0.2, 0.25) is 0 Å². The molecule has 6 heteroatoms. The molecule has 0 aliphatic carbocycles. The van der Waals surface area contributed by atoms with Crippen molar-refractivity contribution in [3.05, 3.63) is 217 Å². The van der Waals surface area contributed by atoms with Gasteiger partial charge in [0.15, 0.2) is 0 Å². The highest BCUT2D eigenvalue weighted by Gasteiger charge is 2.19. The molecule has 0 fully saturated rings. The molecule has 8 aromatic carbocycles. The zero-order chi connectivity index (χ0) is 38.8. The smallest absolute Gasteiger partial charge is 0.143 e. The minimum Gasteiger partial charge on any atom is -0.309 e. The number of aliphatic imine (C=N–C) groups is 1. The highest BCUT2D eigenvalue weighted by atomic mass is 28.2. The first-order valence-electron chi connectivity index (χ1n) is 19.8. The lowest BCUT2D eigenvalue weighted by molar-refractivity contribution is 0.284. The molecule has 0 aliphatic rings. The van der Waals surface area contributed by atoms with Crippen LogP contribution in [0.25, 0.3) is 55.0 Å². The lowest BCUT2D eigenvalue weighted by atomic mass is 10.1. The van der Waals surface area contributed by atoms with Gasteiger partial charge < -0.3 is 14.6 Å². The van der Waals surface area contributed by atoms with E-state index < -0.39 is 0 Å². The molecule has 0 unspecified atom stereocenters. The van der Waals surface area contributed by atoms with Crippen molar-refractivity contribution in [1.82, 2.24) is 19.6 Å². The van der Waals surface area contributed by atoms with Crippen LogP contribution in [0.2, 0.25) is 0 Å². The molecule has 278 valence electrons. The van der Waals surface area contributed by atoms with Crippen LogP contribution in [0.4, 0.5) is 0 Å². The summed E-state index contributed by atoms with van der Waals surface area (Å²) >= 11 is 0. The number of aromatic nitrogens is 2. The molecule has 0 bridgehead atoms. The fourth-order valence-electron chi connectivity index (χ4n) is 8.21. The molecular weight excluding hydrogens is 723 g/mol. The molecular formula is C52H41N5Si. The van der Waals surface area contributed by atoms with Crippen LogP contribution in [0.15, 0.2) is 205 Å². The second-order valence-electron chi connectivity index (χ2n) is 14.8. The van der Waals surface area contributed by atoms with E-state index in [-0.39, 0.29) is 0 Å². The fourth-order valence-corrected chi connectivity index (χ4v) is 9.29. The normalized spacial score (nSPS) is 12.0. The lowest BCUT2D eigenvalue weighted by Crippen LogP contribution is -2.39. The third kappa shape index (κ3) is 6.89. The van der Waals surface area contributed by atoms with Crippen molar-refractivity contribution in [2.75, 3.05) is 7.05 Å². The Balaban J connectivity index is 1.08. The van der Waals surface area contributed by atoms with Gasteiger partial charge >= 0.3 is 0 Å². The molecule has 58 heavy (non-hydrogen) atoms. The zero-order valence-electron chi connectivity index (χ0n) is 32.3. The van der Waals surface area contributed by atoms with Crippen molar-refractivity contribution >= 4 is 69.3 Å². The summed E-state index contributed by atoms with van der Waals surface area (Å²) in [7, 11) is 2.66. The number of amidine groups is 1. The molecule has 0 saturated carbocycles. The van der Waals surface area contributed by atoms with Gasteiger partial charge in [0, 0.05) is 52.1 Å². The number of hydrogen-bond acceptors (Lipinski definition) is 2. The number of rotatable bonds is 10. The Morgan fingerprint density at radius 3 is 1.84 bits per heavy atom. The van der Waals surface area contributed by atoms with Crippen molar-refractivity contribution < 1.29 is 0 Å². The maximum atomic E-state index is 5.03. The largest absolute Gasteiger partial charge is 0.309 e. The van der Waals surface area contributed by atoms with E-state index in [1.165, 1.54) is 65.1 Å². The van der Waals surface area contributed by atoms with Crippen LogP contribution >= 0.6 is 0 Å². The Labute approximate surface area is 340 Å². The predicted octanol–water partition coefficient (Wildman–Crippen LogP) is 10.1. The van der Waals surface area contributed by atoms with Crippen LogP contribution < -0.4 is 15.8 Å². The van der Waals surface area contributed by atoms with Crippen LogP contribution in [0.1, 0.15) is 16.7 Å². The van der Waals surface area contributed by atoms with Gasteiger partial charge in [-0.25, -0.2) is 5.01 Å². The molecule has 1 N–H and O–H groups in total. The summed E-state index contributed by atoms with van der Waals surface area (Å²) in [4.78, 5) is 5.03. The van der Waals surface area contributed by atoms with Crippen LogP contribution in [0.5, 0.6) is 0 Å². The summed E-state index contributed by atoms with van der Waals surface area (Å²) in [5, 5.41) is 9.82. The van der Waals surface area contributed by atoms with Gasteiger partial charge in [-0.3, -0.25) is 4.99 Å². The van der Waals surface area contributed by atoms with E-state index in [1.807, 2.05) is 12.1 Å². The van der Waals surface area contributed by atoms with Crippen LogP contribution in [-0.2, 0) is 13.1 Å². The Morgan fingerprint density at radius 1 is 0.483 bits per heavy atom. The number of nitrogens with zero attached hydrogens (tertiary/aromatic N) is 4. The SMILES string of the molecule is CN(Cc1cccc(-n2c3ccc([Si]c4ccccc4)cc3c3cc4c5ccccc5n(-c5ccccc5)c4cc32)c1)NC(=NCc1ccccc1)c1ccccc1. The Morgan fingerprint density at radius 2 is 1.07 bits per heavy atom. The quantitative estimate of drug-likeness (QED) is 0.0652. The second-order valence-corrected chi connectivity index (χ2v) is 16.2. The molecule has 10 aromatic rings. The topological polar surface area (TPSA) is 37.5 Å². The minimum absolute atomic E-state index is 0.576. The van der Waals surface area contributed by atoms with Gasteiger partial charge in [-0.05, 0) is 59.7 Å². The minimum atomic E-state index is 0.576. The monoisotopic (exact) mass is 763 g/mol. The van der Waals surface area contributed by atoms with E-state index in [4.69, 9.17) is 4.99 Å². The van der Waals surface area contributed by atoms with Gasteiger partial charge in [0.25, 0.3) is 0 Å². The average molecular weight is 764 g/mol. The number of hydrogen-bond donors (Lipinski definition) is 1. The Bertz CT molecular complexity index is 3060. The van der Waals surface area contributed by atoms with Crippen molar-refractivity contribution in [2.45, 2.75) is 13.1 Å². The van der Waals surface area contributed by atoms with Gasteiger partial charge in [-0.15, -0.1) is 0 Å². The van der Waals surface area contributed by atoms with E-state index in [0.29, 0.717) is 22.6 Å². The number of benzene rings is 8. The average Bonchev–Trinajstić information content (AvgIpc) is 3.77. The number of para-hydroxylation sites is 2. The van der Waals surface area contributed by atoms with E-state index in [9.17, 15) is 0 Å². The first-order valence-corrected chi connectivity index (χ1v) is 20.8. The summed E-state index contributed by atoms with van der Waals surface area (Å²) in [5.74, 6) is 0.843. The number of hydrazine groups is 1. The zero-order valence-corrected chi connectivity index (χ0v) is 33.3. The molecule has 5 nitrogen and oxygen atoms in total. The predicted molar refractivity (Wildman–Crippen MR) is 244 cm³/mol. The van der Waals surface area contributed by atoms with E-state index >= 15 is 0 Å². The summed E-state index contributed by atoms with van der Waals surface area (Å²) in [6.45, 7) is 1.27. The molecule has 0 amide bonds. The summed E-state index contributed by atoms with van der Waals surface area (Å²) in [6, 6.07) is 71.9. The first-order chi connectivity index (χ1) is 28.7. The van der Waals surface area contributed by atoms with E-state index in [2.05, 4.69) is 215 Å². The lowest BCUT2D eigenvalue weighted by Gasteiger charge is -2.21. The van der Waals surface area contributed by atoms with Gasteiger partial charge in [0.1, 0.15) is 15.4 Å². The van der Waals surface area contributed by atoms with Gasteiger partial charge in [-0.2, -0.15) is 0 Å². The first kappa shape index (κ1) is 35.4. The molecule has 2 aromatic heterocycles. The van der Waals surface area contributed by atoms with Crippen molar-refractivity contribution in [3.63, 3.8) is 0 Å². The van der Waals surface area contributed by atoms with Crippen LogP contribution in [0.3, 0.4) is 0 Å². The third-order valence-corrected chi connectivity index (χ3v) is 12.1. The highest BCUT2D eigenvalue weighted by molar-refractivity contribution is 6.67. The van der Waals surface area contributed by atoms with Crippen molar-refractivity contribution in [3.8, 4) is 11.4 Å². The number of nitrogens with one attached hydrogen (secondary N) is 1. The number of fused-ring (bicyclic) bond motifs is 6. The van der Waals surface area contributed by atoms with E-state index in [1.54, 1.807) is 0 Å². The second kappa shape index (κ2) is 15.5. The molecule has 0 aliphatic heterocycles. The summed E-state index contributed by atoms with van der Waals surface area (Å²) in [5.41, 5.74) is 14.1. The van der Waals surface area contributed by atoms with Gasteiger partial charge in [-0.1, -0.05) is 162 Å². The van der Waals surface area contributed by atoms with Crippen LogP contribution in [0, 0.1) is 0 Å². The molecule has 0 atom stereocenters. The van der Waals surface area contributed by atoms with Gasteiger partial charge in [0.05, 0.1) is 28.6 Å².